The third-order valence-corrected chi connectivity index (χ3v) is 4.56. The highest BCUT2D eigenvalue weighted by Crippen LogP contribution is 2.18. The number of nitrogens with zero attached hydrogens (tertiary/aromatic N) is 1. The SMILES string of the molecule is NNc1ncccc1S(=O)(=O)NCCC1CCOC1. The van der Waals surface area contributed by atoms with Gasteiger partial charge in [0, 0.05) is 26.0 Å². The molecule has 0 spiro atoms. The fourth-order valence-corrected chi connectivity index (χ4v) is 3.17. The number of hydrogen-bond acceptors (Lipinski definition) is 6. The summed E-state index contributed by atoms with van der Waals surface area (Å²) in [5.41, 5.74) is 2.28. The minimum atomic E-state index is -3.59. The summed E-state index contributed by atoms with van der Waals surface area (Å²) < 4.78 is 32.0. The van der Waals surface area contributed by atoms with Crippen LogP contribution in [0, 0.1) is 5.92 Å². The minimum Gasteiger partial charge on any atom is -0.381 e. The van der Waals surface area contributed by atoms with Gasteiger partial charge in [0.05, 0.1) is 0 Å². The van der Waals surface area contributed by atoms with E-state index < -0.39 is 10.0 Å². The average Bonchev–Trinajstić information content (AvgIpc) is 2.91. The summed E-state index contributed by atoms with van der Waals surface area (Å²) in [6.45, 7) is 1.86. The Morgan fingerprint density at radius 3 is 3.05 bits per heavy atom. The molecule has 1 aromatic rings. The first-order chi connectivity index (χ1) is 9.13. The number of pyridine rings is 1. The molecule has 7 nitrogen and oxygen atoms in total. The smallest absolute Gasteiger partial charge is 0.244 e. The number of sulfonamides is 1. The average molecular weight is 286 g/mol. The second kappa shape index (κ2) is 6.29. The summed E-state index contributed by atoms with van der Waals surface area (Å²) >= 11 is 0. The Hall–Kier alpha value is -1.22. The second-order valence-corrected chi connectivity index (χ2v) is 6.15. The van der Waals surface area contributed by atoms with Gasteiger partial charge in [-0.15, -0.1) is 0 Å². The van der Waals surface area contributed by atoms with Gasteiger partial charge in [0.25, 0.3) is 0 Å². The van der Waals surface area contributed by atoms with Crippen LogP contribution in [0.2, 0.25) is 0 Å². The van der Waals surface area contributed by atoms with Gasteiger partial charge in [-0.05, 0) is 30.9 Å². The second-order valence-electron chi connectivity index (χ2n) is 4.41. The Morgan fingerprint density at radius 2 is 2.37 bits per heavy atom. The predicted molar refractivity (Wildman–Crippen MR) is 70.8 cm³/mol. The van der Waals surface area contributed by atoms with Crippen LogP contribution in [0.1, 0.15) is 12.8 Å². The molecule has 2 heterocycles. The molecule has 0 bridgehead atoms. The van der Waals surface area contributed by atoms with E-state index >= 15 is 0 Å². The first-order valence-corrected chi connectivity index (χ1v) is 7.61. The van der Waals surface area contributed by atoms with Gasteiger partial charge in [0.15, 0.2) is 5.82 Å². The zero-order valence-corrected chi connectivity index (χ0v) is 11.3. The third-order valence-electron chi connectivity index (χ3n) is 3.07. The van der Waals surface area contributed by atoms with E-state index in [0.29, 0.717) is 19.1 Å². The highest BCUT2D eigenvalue weighted by atomic mass is 32.2. The van der Waals surface area contributed by atoms with Crippen molar-refractivity contribution in [1.29, 1.82) is 0 Å². The van der Waals surface area contributed by atoms with Gasteiger partial charge in [0.1, 0.15) is 4.90 Å². The Bertz CT molecular complexity index is 514. The van der Waals surface area contributed by atoms with Crippen LogP contribution in [0.4, 0.5) is 5.82 Å². The molecule has 1 atom stereocenters. The van der Waals surface area contributed by atoms with Crippen molar-refractivity contribution in [2.45, 2.75) is 17.7 Å². The van der Waals surface area contributed by atoms with Crippen molar-refractivity contribution in [3.63, 3.8) is 0 Å². The van der Waals surface area contributed by atoms with E-state index in [4.69, 9.17) is 10.6 Å². The van der Waals surface area contributed by atoms with Gasteiger partial charge >= 0.3 is 0 Å². The Morgan fingerprint density at radius 1 is 1.53 bits per heavy atom. The largest absolute Gasteiger partial charge is 0.381 e. The van der Waals surface area contributed by atoms with Crippen molar-refractivity contribution in [3.8, 4) is 0 Å². The van der Waals surface area contributed by atoms with E-state index in [0.717, 1.165) is 19.4 Å². The molecule has 0 saturated carbocycles. The number of nitrogen functional groups attached to an aromatic ring is 1. The maximum Gasteiger partial charge on any atom is 0.244 e. The van der Waals surface area contributed by atoms with Gasteiger partial charge in [-0.1, -0.05) is 0 Å². The van der Waals surface area contributed by atoms with E-state index in [2.05, 4.69) is 15.1 Å². The lowest BCUT2D eigenvalue weighted by atomic mass is 10.1. The number of rotatable bonds is 6. The number of nitrogens with one attached hydrogen (secondary N) is 2. The first-order valence-electron chi connectivity index (χ1n) is 6.12. The zero-order valence-electron chi connectivity index (χ0n) is 10.5. The summed E-state index contributed by atoms with van der Waals surface area (Å²) in [6, 6.07) is 3.02. The van der Waals surface area contributed by atoms with Gasteiger partial charge in [-0.25, -0.2) is 24.0 Å². The normalized spacial score (nSPS) is 19.5. The number of nitrogens with two attached hydrogens (primary N) is 1. The molecule has 1 fully saturated rings. The molecule has 0 aliphatic carbocycles. The topological polar surface area (TPSA) is 106 Å². The van der Waals surface area contributed by atoms with Crippen LogP contribution in [-0.4, -0.2) is 33.2 Å². The fourth-order valence-electron chi connectivity index (χ4n) is 2.00. The van der Waals surface area contributed by atoms with Gasteiger partial charge in [0.2, 0.25) is 10.0 Å². The molecule has 1 unspecified atom stereocenters. The van der Waals surface area contributed by atoms with Crippen LogP contribution in [0.15, 0.2) is 23.2 Å². The molecule has 1 aromatic heterocycles. The zero-order chi connectivity index (χ0) is 13.7. The molecule has 8 heteroatoms. The van der Waals surface area contributed by atoms with Crippen molar-refractivity contribution in [1.82, 2.24) is 9.71 Å². The van der Waals surface area contributed by atoms with Crippen LogP contribution in [0.5, 0.6) is 0 Å². The monoisotopic (exact) mass is 286 g/mol. The predicted octanol–water partition coefficient (Wildman–Crippen LogP) is 0.0721. The van der Waals surface area contributed by atoms with E-state index in [1.165, 1.54) is 12.3 Å². The van der Waals surface area contributed by atoms with Crippen molar-refractivity contribution in [3.05, 3.63) is 18.3 Å². The molecule has 0 aromatic carbocycles. The van der Waals surface area contributed by atoms with Gasteiger partial charge in [-0.2, -0.15) is 0 Å². The van der Waals surface area contributed by atoms with E-state index in [-0.39, 0.29) is 10.7 Å². The van der Waals surface area contributed by atoms with Crippen LogP contribution >= 0.6 is 0 Å². The lowest BCUT2D eigenvalue weighted by Crippen LogP contribution is -2.28. The van der Waals surface area contributed by atoms with Crippen LogP contribution in [0.3, 0.4) is 0 Å². The molecule has 4 N–H and O–H groups in total. The maximum absolute atomic E-state index is 12.1. The van der Waals surface area contributed by atoms with Crippen LogP contribution < -0.4 is 16.0 Å². The van der Waals surface area contributed by atoms with E-state index in [9.17, 15) is 8.42 Å². The first kappa shape index (κ1) is 14.2. The summed E-state index contributed by atoms with van der Waals surface area (Å²) in [5.74, 6) is 5.83. The lowest BCUT2D eigenvalue weighted by molar-refractivity contribution is 0.184. The number of ether oxygens (including phenoxy) is 1. The summed E-state index contributed by atoms with van der Waals surface area (Å²) in [5, 5.41) is 0. The lowest BCUT2D eigenvalue weighted by Gasteiger charge is -2.11. The summed E-state index contributed by atoms with van der Waals surface area (Å²) in [7, 11) is -3.59. The molecule has 1 aliphatic heterocycles. The Kier molecular flexibility index (Phi) is 4.70. The number of anilines is 1. The third kappa shape index (κ3) is 3.63. The summed E-state index contributed by atoms with van der Waals surface area (Å²) in [6.07, 6.45) is 3.24. The summed E-state index contributed by atoms with van der Waals surface area (Å²) in [4.78, 5) is 3.93. The molecule has 0 radical (unpaired) electrons. The van der Waals surface area contributed by atoms with Crippen molar-refractivity contribution < 1.29 is 13.2 Å². The van der Waals surface area contributed by atoms with Crippen LogP contribution in [-0.2, 0) is 14.8 Å². The molecule has 1 saturated heterocycles. The van der Waals surface area contributed by atoms with E-state index in [1.54, 1.807) is 6.07 Å². The highest BCUT2D eigenvalue weighted by Gasteiger charge is 2.20. The number of hydrogen-bond donors (Lipinski definition) is 3. The van der Waals surface area contributed by atoms with E-state index in [1.807, 2.05) is 0 Å². The molecule has 2 rings (SSSR count). The van der Waals surface area contributed by atoms with Crippen LogP contribution in [0.25, 0.3) is 0 Å². The fraction of sp³-hybridized carbons (Fsp3) is 0.545. The van der Waals surface area contributed by atoms with Crippen molar-refractivity contribution in [2.75, 3.05) is 25.2 Å². The molecule has 106 valence electrons. The molecule has 0 amide bonds. The molecule has 1 aliphatic rings. The molecular formula is C11H18N4O3S. The standard InChI is InChI=1S/C11H18N4O3S/c12-15-11-10(2-1-5-13-11)19(16,17)14-6-3-9-4-7-18-8-9/h1-2,5,9,14H,3-4,6-8,12H2,(H,13,15). The van der Waals surface area contributed by atoms with Crippen molar-refractivity contribution >= 4 is 15.8 Å². The molecular weight excluding hydrogens is 268 g/mol. The quantitative estimate of drug-likeness (QED) is 0.505. The maximum atomic E-state index is 12.1. The number of hydrazine groups is 1. The Labute approximate surface area is 112 Å². The van der Waals surface area contributed by atoms with Crippen molar-refractivity contribution in [2.24, 2.45) is 11.8 Å². The number of aromatic nitrogens is 1. The minimum absolute atomic E-state index is 0.0557. The molecule has 19 heavy (non-hydrogen) atoms. The highest BCUT2D eigenvalue weighted by molar-refractivity contribution is 7.89. The Balaban J connectivity index is 1.97. The van der Waals surface area contributed by atoms with Gasteiger partial charge < -0.3 is 10.2 Å². The van der Waals surface area contributed by atoms with Gasteiger partial charge in [-0.3, -0.25) is 0 Å².